The van der Waals surface area contributed by atoms with E-state index < -0.39 is 11.4 Å². The maximum absolute atomic E-state index is 13.3. The van der Waals surface area contributed by atoms with Crippen LogP contribution in [0.2, 0.25) is 5.02 Å². The van der Waals surface area contributed by atoms with E-state index in [2.05, 4.69) is 5.32 Å². The number of primary amides is 1. The molecule has 0 aliphatic carbocycles. The maximum atomic E-state index is 13.3. The summed E-state index contributed by atoms with van der Waals surface area (Å²) in [5, 5.41) is 4.77. The van der Waals surface area contributed by atoms with Gasteiger partial charge in [-0.2, -0.15) is 0 Å². The Bertz CT molecular complexity index is 1130. The molecule has 150 valence electrons. The van der Waals surface area contributed by atoms with Crippen molar-refractivity contribution in [3.8, 4) is 0 Å². The molecule has 4 rings (SSSR count). The minimum atomic E-state index is -0.717. The van der Waals surface area contributed by atoms with Crippen molar-refractivity contribution in [2.45, 2.75) is 18.9 Å². The van der Waals surface area contributed by atoms with Crippen LogP contribution in [0.5, 0.6) is 0 Å². The Morgan fingerprint density at radius 2 is 2.03 bits per heavy atom. The first-order valence-corrected chi connectivity index (χ1v) is 9.75. The molecule has 1 atom stereocenters. The summed E-state index contributed by atoms with van der Waals surface area (Å²) in [6, 6.07) is 12.6. The Hall–Kier alpha value is -2.83. The number of nitrogens with one attached hydrogen (secondary N) is 1. The average Bonchev–Trinajstić information content (AvgIpc) is 3.31. The van der Waals surface area contributed by atoms with E-state index in [9.17, 15) is 9.59 Å². The molecule has 1 aliphatic heterocycles. The average molecular weight is 412 g/mol. The van der Waals surface area contributed by atoms with Crippen LogP contribution in [0.1, 0.15) is 38.4 Å². The molecule has 29 heavy (non-hydrogen) atoms. The number of hydrogen-bond donors (Lipinski definition) is 2. The van der Waals surface area contributed by atoms with Crippen molar-refractivity contribution in [3.05, 3.63) is 69.9 Å². The van der Waals surface area contributed by atoms with E-state index in [-0.39, 0.29) is 5.91 Å². The van der Waals surface area contributed by atoms with Crippen LogP contribution in [0, 0.1) is 6.92 Å². The second kappa shape index (κ2) is 7.21. The van der Waals surface area contributed by atoms with Crippen LogP contribution in [0.15, 0.2) is 42.5 Å². The van der Waals surface area contributed by atoms with Crippen LogP contribution in [0.25, 0.3) is 10.9 Å². The van der Waals surface area contributed by atoms with Gasteiger partial charge in [-0.05, 0) is 48.4 Å². The first kappa shape index (κ1) is 19.5. The maximum Gasteiger partial charge on any atom is 0.268 e. The number of carbonyl (C=O) groups is 2. The number of carbonyl (C=O) groups excluding carboxylic acids is 2. The van der Waals surface area contributed by atoms with Gasteiger partial charge in [-0.15, -0.1) is 0 Å². The van der Waals surface area contributed by atoms with E-state index >= 15 is 0 Å². The third-order valence-corrected chi connectivity index (χ3v) is 6.15. The van der Waals surface area contributed by atoms with Gasteiger partial charge in [0.1, 0.15) is 5.69 Å². The SMILES string of the molecule is Cc1c(Cl)ccc2c1cc(C(=O)NC1(c3cccc(C(N)=O)c3)CCOC1)n2C. The fraction of sp³-hybridized carbons (Fsp3) is 0.273. The zero-order valence-electron chi connectivity index (χ0n) is 16.3. The number of halogens is 1. The van der Waals surface area contributed by atoms with E-state index in [1.807, 2.05) is 42.8 Å². The molecule has 0 spiro atoms. The van der Waals surface area contributed by atoms with Crippen LogP contribution in [0.4, 0.5) is 0 Å². The van der Waals surface area contributed by atoms with E-state index in [1.54, 1.807) is 18.2 Å². The Balaban J connectivity index is 1.73. The summed E-state index contributed by atoms with van der Waals surface area (Å²) in [6.07, 6.45) is 0.607. The van der Waals surface area contributed by atoms with E-state index in [0.29, 0.717) is 35.9 Å². The largest absolute Gasteiger partial charge is 0.379 e. The lowest BCUT2D eigenvalue weighted by Gasteiger charge is -2.30. The Morgan fingerprint density at radius 1 is 1.24 bits per heavy atom. The molecule has 1 aliphatic rings. The highest BCUT2D eigenvalue weighted by Crippen LogP contribution is 2.33. The van der Waals surface area contributed by atoms with Gasteiger partial charge in [0.25, 0.3) is 5.91 Å². The molecule has 3 N–H and O–H groups in total. The molecule has 1 fully saturated rings. The van der Waals surface area contributed by atoms with Crippen molar-refractivity contribution in [3.63, 3.8) is 0 Å². The highest BCUT2D eigenvalue weighted by Gasteiger charge is 2.39. The molecule has 7 heteroatoms. The molecule has 6 nitrogen and oxygen atoms in total. The lowest BCUT2D eigenvalue weighted by atomic mass is 9.87. The molecule has 1 unspecified atom stereocenters. The molecular formula is C22H22ClN3O3. The number of fused-ring (bicyclic) bond motifs is 1. The predicted molar refractivity (Wildman–Crippen MR) is 112 cm³/mol. The second-order valence-corrected chi connectivity index (χ2v) is 7.88. The molecule has 1 saturated heterocycles. The highest BCUT2D eigenvalue weighted by atomic mass is 35.5. The van der Waals surface area contributed by atoms with Gasteiger partial charge in [-0.3, -0.25) is 9.59 Å². The quantitative estimate of drug-likeness (QED) is 0.690. The number of amides is 2. The number of aryl methyl sites for hydroxylation is 2. The van der Waals surface area contributed by atoms with Gasteiger partial charge in [0.2, 0.25) is 5.91 Å². The first-order valence-electron chi connectivity index (χ1n) is 9.37. The molecule has 0 bridgehead atoms. The van der Waals surface area contributed by atoms with E-state index in [4.69, 9.17) is 22.1 Å². The Kier molecular flexibility index (Phi) is 4.84. The van der Waals surface area contributed by atoms with Crippen molar-refractivity contribution in [2.75, 3.05) is 13.2 Å². The molecule has 1 aromatic heterocycles. The lowest BCUT2D eigenvalue weighted by Crippen LogP contribution is -2.47. The van der Waals surface area contributed by atoms with Crippen LogP contribution in [0.3, 0.4) is 0 Å². The van der Waals surface area contributed by atoms with Gasteiger partial charge in [0.15, 0.2) is 0 Å². The number of hydrogen-bond acceptors (Lipinski definition) is 3. The van der Waals surface area contributed by atoms with Crippen molar-refractivity contribution >= 4 is 34.3 Å². The van der Waals surface area contributed by atoms with Gasteiger partial charge in [-0.25, -0.2) is 0 Å². The van der Waals surface area contributed by atoms with Crippen LogP contribution in [-0.2, 0) is 17.3 Å². The third kappa shape index (κ3) is 3.28. The van der Waals surface area contributed by atoms with Gasteiger partial charge in [0.05, 0.1) is 12.1 Å². The van der Waals surface area contributed by atoms with Crippen molar-refractivity contribution in [2.24, 2.45) is 12.8 Å². The van der Waals surface area contributed by atoms with Crippen molar-refractivity contribution in [1.29, 1.82) is 0 Å². The molecular weight excluding hydrogens is 390 g/mol. The van der Waals surface area contributed by atoms with Crippen molar-refractivity contribution in [1.82, 2.24) is 9.88 Å². The van der Waals surface area contributed by atoms with Crippen LogP contribution >= 0.6 is 11.6 Å². The lowest BCUT2D eigenvalue weighted by molar-refractivity contribution is 0.0868. The number of ether oxygens (including phenoxy) is 1. The smallest absolute Gasteiger partial charge is 0.268 e. The Morgan fingerprint density at radius 3 is 2.72 bits per heavy atom. The molecule has 2 heterocycles. The van der Waals surface area contributed by atoms with Crippen LogP contribution < -0.4 is 11.1 Å². The summed E-state index contributed by atoms with van der Waals surface area (Å²) in [7, 11) is 1.86. The number of aromatic nitrogens is 1. The van der Waals surface area contributed by atoms with Gasteiger partial charge >= 0.3 is 0 Å². The fourth-order valence-corrected chi connectivity index (χ4v) is 4.12. The summed E-state index contributed by atoms with van der Waals surface area (Å²) in [4.78, 5) is 24.9. The third-order valence-electron chi connectivity index (χ3n) is 5.74. The Labute approximate surface area is 173 Å². The van der Waals surface area contributed by atoms with Gasteiger partial charge in [-0.1, -0.05) is 23.7 Å². The van der Waals surface area contributed by atoms with E-state index in [1.165, 1.54) is 0 Å². The zero-order valence-corrected chi connectivity index (χ0v) is 17.0. The highest BCUT2D eigenvalue weighted by molar-refractivity contribution is 6.32. The summed E-state index contributed by atoms with van der Waals surface area (Å²) in [6.45, 7) is 2.79. The molecule has 0 radical (unpaired) electrons. The minimum absolute atomic E-state index is 0.214. The second-order valence-electron chi connectivity index (χ2n) is 7.48. The summed E-state index contributed by atoms with van der Waals surface area (Å²) < 4.78 is 7.48. The first-order chi connectivity index (χ1) is 13.8. The number of nitrogens with zero attached hydrogens (tertiary/aromatic N) is 1. The standard InChI is InChI=1S/C22H22ClN3O3/c1-13-16-11-19(26(2)18(16)7-6-17(13)23)21(28)25-22(8-9-29-12-22)15-5-3-4-14(10-15)20(24)27/h3-7,10-11H,8-9,12H2,1-2H3,(H2,24,27)(H,25,28). The topological polar surface area (TPSA) is 86.3 Å². The predicted octanol–water partition coefficient (Wildman–Crippen LogP) is 3.28. The summed E-state index contributed by atoms with van der Waals surface area (Å²) in [5.74, 6) is -0.720. The summed E-state index contributed by atoms with van der Waals surface area (Å²) in [5.41, 5.74) is 8.32. The monoisotopic (exact) mass is 411 g/mol. The minimum Gasteiger partial charge on any atom is -0.379 e. The number of benzene rings is 2. The van der Waals surface area contributed by atoms with Gasteiger partial charge in [0, 0.05) is 41.6 Å². The fourth-order valence-electron chi connectivity index (χ4n) is 3.96. The summed E-state index contributed by atoms with van der Waals surface area (Å²) >= 11 is 6.24. The zero-order chi connectivity index (χ0) is 20.8. The number of rotatable bonds is 4. The number of nitrogens with two attached hydrogens (primary N) is 1. The van der Waals surface area contributed by atoms with Crippen LogP contribution in [-0.4, -0.2) is 29.6 Å². The molecule has 2 amide bonds. The molecule has 2 aromatic carbocycles. The normalized spacial score (nSPS) is 18.9. The molecule has 0 saturated carbocycles. The van der Waals surface area contributed by atoms with E-state index in [0.717, 1.165) is 22.0 Å². The van der Waals surface area contributed by atoms with Gasteiger partial charge < -0.3 is 20.4 Å². The molecule has 3 aromatic rings. The van der Waals surface area contributed by atoms with Crippen molar-refractivity contribution < 1.29 is 14.3 Å².